The zero-order chi connectivity index (χ0) is 16.5. The lowest BCUT2D eigenvalue weighted by molar-refractivity contribution is 0.223. The summed E-state index contributed by atoms with van der Waals surface area (Å²) in [6.07, 6.45) is 5.20. The van der Waals surface area contributed by atoms with Crippen LogP contribution in [0.1, 0.15) is 32.5 Å². The minimum Gasteiger partial charge on any atom is -0.357 e. The maximum atomic E-state index is 4.76. The van der Waals surface area contributed by atoms with Gasteiger partial charge in [0.25, 0.3) is 0 Å². The molecule has 1 aromatic rings. The molecule has 0 unspecified atom stereocenters. The zero-order valence-corrected chi connectivity index (χ0v) is 17.5. The van der Waals surface area contributed by atoms with Gasteiger partial charge in [0, 0.05) is 32.6 Å². The number of likely N-dealkylation sites (tertiary alicyclic amines) is 1. The average Bonchev–Trinajstić information content (AvgIpc) is 3.01. The van der Waals surface area contributed by atoms with Gasteiger partial charge in [0.15, 0.2) is 5.96 Å². The highest BCUT2D eigenvalue weighted by Gasteiger charge is 2.16. The van der Waals surface area contributed by atoms with Gasteiger partial charge in [-0.25, -0.2) is 0 Å². The molecule has 1 aliphatic heterocycles. The first-order valence-electron chi connectivity index (χ1n) is 8.80. The molecule has 0 bridgehead atoms. The average molecular weight is 449 g/mol. The van der Waals surface area contributed by atoms with Gasteiger partial charge in [0.2, 0.25) is 0 Å². The van der Waals surface area contributed by atoms with Crippen LogP contribution in [0.25, 0.3) is 0 Å². The maximum Gasteiger partial charge on any atom is 0.191 e. The van der Waals surface area contributed by atoms with Crippen LogP contribution in [0.2, 0.25) is 0 Å². The number of hydrogen-bond donors (Lipinski definition) is 2. The number of nitrogens with one attached hydrogen (secondary N) is 2. The third-order valence-electron chi connectivity index (χ3n) is 4.35. The van der Waals surface area contributed by atoms with Crippen LogP contribution in [0, 0.1) is 5.92 Å². The predicted molar refractivity (Wildman–Crippen MR) is 109 cm³/mol. The van der Waals surface area contributed by atoms with E-state index in [4.69, 9.17) is 4.99 Å². The van der Waals surface area contributed by atoms with Crippen molar-refractivity contribution in [3.05, 3.63) is 12.2 Å². The number of aryl methyl sites for hydroxylation is 1. The molecule has 0 spiro atoms. The molecule has 1 aromatic heterocycles. The van der Waals surface area contributed by atoms with Crippen molar-refractivity contribution >= 4 is 29.9 Å². The summed E-state index contributed by atoms with van der Waals surface area (Å²) in [5, 5.41) is 14.8. The Morgan fingerprint density at radius 2 is 2.04 bits per heavy atom. The second-order valence-corrected chi connectivity index (χ2v) is 6.19. The second-order valence-electron chi connectivity index (χ2n) is 6.19. The lowest BCUT2D eigenvalue weighted by atomic mass is 9.97. The van der Waals surface area contributed by atoms with Gasteiger partial charge >= 0.3 is 0 Å². The van der Waals surface area contributed by atoms with Crippen LogP contribution in [0.5, 0.6) is 0 Å². The summed E-state index contributed by atoms with van der Waals surface area (Å²) in [6.45, 7) is 10.1. The van der Waals surface area contributed by atoms with Crippen molar-refractivity contribution in [1.29, 1.82) is 0 Å². The van der Waals surface area contributed by atoms with Crippen molar-refractivity contribution < 1.29 is 0 Å². The number of hydrogen-bond acceptors (Lipinski definition) is 4. The van der Waals surface area contributed by atoms with Crippen LogP contribution >= 0.6 is 24.0 Å². The van der Waals surface area contributed by atoms with Gasteiger partial charge in [-0.1, -0.05) is 6.92 Å². The van der Waals surface area contributed by atoms with Gasteiger partial charge in [0.1, 0.15) is 12.2 Å². The first kappa shape index (κ1) is 21.1. The van der Waals surface area contributed by atoms with Crippen molar-refractivity contribution in [3.8, 4) is 0 Å². The fourth-order valence-corrected chi connectivity index (χ4v) is 2.84. The van der Waals surface area contributed by atoms with Crippen molar-refractivity contribution in [3.63, 3.8) is 0 Å². The van der Waals surface area contributed by atoms with Crippen LogP contribution in [0.3, 0.4) is 0 Å². The normalized spacial score (nSPS) is 16.7. The van der Waals surface area contributed by atoms with E-state index in [-0.39, 0.29) is 24.0 Å². The molecule has 2 rings (SSSR count). The Balaban J connectivity index is 0.00000288. The molecule has 0 aliphatic carbocycles. The first-order chi connectivity index (χ1) is 11.2. The summed E-state index contributed by atoms with van der Waals surface area (Å²) in [7, 11) is 2.20. The van der Waals surface area contributed by atoms with Gasteiger partial charge in [-0.05, 0) is 45.8 Å². The predicted octanol–water partition coefficient (Wildman–Crippen LogP) is 1.36. The Hall–Kier alpha value is -0.900. The van der Waals surface area contributed by atoms with Crippen LogP contribution in [-0.2, 0) is 13.0 Å². The van der Waals surface area contributed by atoms with Gasteiger partial charge < -0.3 is 20.1 Å². The third kappa shape index (κ3) is 6.92. The van der Waals surface area contributed by atoms with E-state index < -0.39 is 0 Å². The minimum atomic E-state index is 0. The smallest absolute Gasteiger partial charge is 0.191 e. The van der Waals surface area contributed by atoms with Crippen LogP contribution < -0.4 is 10.6 Å². The SMILES string of the molecule is CCNC(=NCC1CCN(C)CC1)NCCn1cnnc1CC.I. The maximum absolute atomic E-state index is 4.76. The van der Waals surface area contributed by atoms with E-state index in [0.717, 1.165) is 44.4 Å². The summed E-state index contributed by atoms with van der Waals surface area (Å²) < 4.78 is 2.09. The highest BCUT2D eigenvalue weighted by Crippen LogP contribution is 2.15. The van der Waals surface area contributed by atoms with Crippen molar-refractivity contribution in [1.82, 2.24) is 30.3 Å². The molecule has 2 heterocycles. The Morgan fingerprint density at radius 1 is 1.29 bits per heavy atom. The first-order valence-corrected chi connectivity index (χ1v) is 8.80. The summed E-state index contributed by atoms with van der Waals surface area (Å²) in [5.41, 5.74) is 0. The minimum absolute atomic E-state index is 0. The molecular formula is C16H32IN7. The Labute approximate surface area is 162 Å². The number of aromatic nitrogens is 3. The third-order valence-corrected chi connectivity index (χ3v) is 4.35. The topological polar surface area (TPSA) is 70.4 Å². The molecule has 2 N–H and O–H groups in total. The van der Waals surface area contributed by atoms with Gasteiger partial charge in [-0.3, -0.25) is 4.99 Å². The van der Waals surface area contributed by atoms with Crippen molar-refractivity contribution in [2.45, 2.75) is 39.7 Å². The van der Waals surface area contributed by atoms with Crippen molar-refractivity contribution in [2.75, 3.05) is 39.8 Å². The lowest BCUT2D eigenvalue weighted by Crippen LogP contribution is -2.39. The molecule has 0 atom stereocenters. The Morgan fingerprint density at radius 3 is 2.71 bits per heavy atom. The fraction of sp³-hybridized carbons (Fsp3) is 0.812. The number of piperidine rings is 1. The highest BCUT2D eigenvalue weighted by molar-refractivity contribution is 14.0. The monoisotopic (exact) mass is 449 g/mol. The Bertz CT molecular complexity index is 481. The summed E-state index contributed by atoms with van der Waals surface area (Å²) >= 11 is 0. The van der Waals surface area contributed by atoms with Gasteiger partial charge in [-0.2, -0.15) is 0 Å². The van der Waals surface area contributed by atoms with E-state index in [1.54, 1.807) is 6.33 Å². The number of guanidine groups is 1. The molecule has 0 aromatic carbocycles. The molecular weight excluding hydrogens is 417 g/mol. The standard InChI is InChI=1S/C16H31N7.HI/c1-4-15-21-20-13-23(15)11-8-18-16(17-5-2)19-12-14-6-9-22(3)10-7-14;/h13-14H,4-12H2,1-3H3,(H2,17,18,19);1H. The second kappa shape index (κ2) is 11.6. The number of nitrogens with zero attached hydrogens (tertiary/aromatic N) is 5. The van der Waals surface area contributed by atoms with E-state index in [2.05, 4.69) is 51.2 Å². The quantitative estimate of drug-likeness (QED) is 0.374. The molecule has 0 saturated carbocycles. The molecule has 1 saturated heterocycles. The summed E-state index contributed by atoms with van der Waals surface area (Å²) in [6, 6.07) is 0. The molecule has 24 heavy (non-hydrogen) atoms. The van der Waals surface area contributed by atoms with E-state index in [1.807, 2.05) is 0 Å². The molecule has 138 valence electrons. The van der Waals surface area contributed by atoms with Gasteiger partial charge in [0.05, 0.1) is 0 Å². The molecule has 7 nitrogen and oxygen atoms in total. The molecule has 0 amide bonds. The van der Waals surface area contributed by atoms with E-state index in [1.165, 1.54) is 25.9 Å². The van der Waals surface area contributed by atoms with E-state index >= 15 is 0 Å². The highest BCUT2D eigenvalue weighted by atomic mass is 127. The van der Waals surface area contributed by atoms with Gasteiger partial charge in [-0.15, -0.1) is 34.2 Å². The fourth-order valence-electron chi connectivity index (χ4n) is 2.84. The van der Waals surface area contributed by atoms with E-state index in [0.29, 0.717) is 5.92 Å². The molecule has 8 heteroatoms. The van der Waals surface area contributed by atoms with Crippen molar-refractivity contribution in [2.24, 2.45) is 10.9 Å². The Kier molecular flexibility index (Phi) is 10.2. The zero-order valence-electron chi connectivity index (χ0n) is 15.2. The molecule has 1 fully saturated rings. The largest absolute Gasteiger partial charge is 0.357 e. The van der Waals surface area contributed by atoms with E-state index in [9.17, 15) is 0 Å². The summed E-state index contributed by atoms with van der Waals surface area (Å²) in [4.78, 5) is 7.16. The molecule has 1 aliphatic rings. The number of halogens is 1. The number of aliphatic imine (C=N–C) groups is 1. The number of rotatable bonds is 7. The van der Waals surface area contributed by atoms with Crippen LogP contribution in [-0.4, -0.2) is 65.4 Å². The summed E-state index contributed by atoms with van der Waals surface area (Å²) in [5.74, 6) is 2.66. The van der Waals surface area contributed by atoms with Crippen LogP contribution in [0.4, 0.5) is 0 Å². The molecule has 0 radical (unpaired) electrons. The lowest BCUT2D eigenvalue weighted by Gasteiger charge is -2.28. The van der Waals surface area contributed by atoms with Crippen LogP contribution in [0.15, 0.2) is 11.3 Å².